The number of halogens is 2. The molecule has 0 atom stereocenters. The molecule has 4 nitrogen and oxygen atoms in total. The maximum absolute atomic E-state index is 12.1. The Balaban J connectivity index is 3.17. The summed E-state index contributed by atoms with van der Waals surface area (Å²) < 4.78 is 24.2. The Bertz CT molecular complexity index is 303. The maximum Gasteiger partial charge on any atom is 0.282 e. The Labute approximate surface area is 66.4 Å². The van der Waals surface area contributed by atoms with Gasteiger partial charge in [0.2, 0.25) is 0 Å². The van der Waals surface area contributed by atoms with Gasteiger partial charge in [0.15, 0.2) is 0 Å². The van der Waals surface area contributed by atoms with Gasteiger partial charge in [0.25, 0.3) is 12.3 Å². The highest BCUT2D eigenvalue weighted by molar-refractivity contribution is 5.93. The van der Waals surface area contributed by atoms with Gasteiger partial charge in [-0.25, -0.2) is 8.78 Å². The van der Waals surface area contributed by atoms with E-state index in [2.05, 4.69) is 10.2 Å². The second-order valence-electron chi connectivity index (χ2n) is 2.00. The summed E-state index contributed by atoms with van der Waals surface area (Å²) in [6.45, 7) is 0. The lowest BCUT2D eigenvalue weighted by molar-refractivity contribution is 0.0982. The number of nitrogens with zero attached hydrogens (tertiary/aromatic N) is 2. The minimum atomic E-state index is -2.83. The van der Waals surface area contributed by atoms with Gasteiger partial charge in [-0.1, -0.05) is 0 Å². The largest absolute Gasteiger partial charge is 0.366 e. The number of alkyl halides is 2. The zero-order chi connectivity index (χ0) is 9.14. The zero-order valence-corrected chi connectivity index (χ0v) is 5.87. The van der Waals surface area contributed by atoms with Crippen LogP contribution in [0.15, 0.2) is 12.3 Å². The summed E-state index contributed by atoms with van der Waals surface area (Å²) in [6, 6.07) is 1.11. The fourth-order valence-corrected chi connectivity index (χ4v) is 0.712. The van der Waals surface area contributed by atoms with E-state index in [4.69, 9.17) is 5.73 Å². The van der Waals surface area contributed by atoms with Crippen molar-refractivity contribution < 1.29 is 13.6 Å². The van der Waals surface area contributed by atoms with Crippen LogP contribution in [0.2, 0.25) is 0 Å². The van der Waals surface area contributed by atoms with Crippen LogP contribution in [0.4, 0.5) is 8.78 Å². The first-order valence-electron chi connectivity index (χ1n) is 3.02. The number of amides is 1. The molecule has 1 aromatic rings. The lowest BCUT2D eigenvalue weighted by Crippen LogP contribution is -2.15. The molecule has 0 aliphatic carbocycles. The molecule has 0 unspecified atom stereocenters. The van der Waals surface area contributed by atoms with E-state index in [0.717, 1.165) is 12.3 Å². The van der Waals surface area contributed by atoms with Crippen molar-refractivity contribution in [2.45, 2.75) is 6.43 Å². The Morgan fingerprint density at radius 2 is 2.25 bits per heavy atom. The SMILES string of the molecule is NC(=O)c1ccnnc1C(F)F. The maximum atomic E-state index is 12.1. The van der Waals surface area contributed by atoms with Crippen LogP contribution in [0.5, 0.6) is 0 Å². The van der Waals surface area contributed by atoms with Gasteiger partial charge < -0.3 is 5.73 Å². The molecule has 1 rings (SSSR count). The van der Waals surface area contributed by atoms with Crippen LogP contribution < -0.4 is 5.73 Å². The van der Waals surface area contributed by atoms with E-state index in [9.17, 15) is 13.6 Å². The molecular formula is C6H5F2N3O. The van der Waals surface area contributed by atoms with E-state index in [-0.39, 0.29) is 5.56 Å². The first-order valence-corrected chi connectivity index (χ1v) is 3.02. The lowest BCUT2D eigenvalue weighted by Gasteiger charge is -2.01. The summed E-state index contributed by atoms with van der Waals surface area (Å²) in [5, 5.41) is 6.31. The third-order valence-electron chi connectivity index (χ3n) is 1.22. The van der Waals surface area contributed by atoms with E-state index in [0.29, 0.717) is 0 Å². The van der Waals surface area contributed by atoms with Crippen LogP contribution in [-0.2, 0) is 0 Å². The van der Waals surface area contributed by atoms with Gasteiger partial charge in [-0.2, -0.15) is 5.10 Å². The molecule has 2 N–H and O–H groups in total. The number of rotatable bonds is 2. The van der Waals surface area contributed by atoms with Gasteiger partial charge in [-0.05, 0) is 6.07 Å². The van der Waals surface area contributed by atoms with Crippen LogP contribution in [0, 0.1) is 0 Å². The highest BCUT2D eigenvalue weighted by atomic mass is 19.3. The molecule has 1 aromatic heterocycles. The van der Waals surface area contributed by atoms with E-state index < -0.39 is 18.0 Å². The van der Waals surface area contributed by atoms with Crippen molar-refractivity contribution in [2.24, 2.45) is 5.73 Å². The van der Waals surface area contributed by atoms with Gasteiger partial charge in [-0.15, -0.1) is 5.10 Å². The molecule has 0 saturated heterocycles. The van der Waals surface area contributed by atoms with Gasteiger partial charge in [-0.3, -0.25) is 4.79 Å². The number of carbonyl (C=O) groups excluding carboxylic acids is 1. The lowest BCUT2D eigenvalue weighted by atomic mass is 10.2. The molecule has 6 heteroatoms. The Hall–Kier alpha value is -1.59. The van der Waals surface area contributed by atoms with Crippen molar-refractivity contribution in [3.8, 4) is 0 Å². The molecule has 0 aliphatic rings. The van der Waals surface area contributed by atoms with Crippen LogP contribution in [0.25, 0.3) is 0 Å². The normalized spacial score (nSPS) is 10.2. The van der Waals surface area contributed by atoms with Crippen LogP contribution in [0.3, 0.4) is 0 Å². The summed E-state index contributed by atoms with van der Waals surface area (Å²) in [6.07, 6.45) is -1.70. The average Bonchev–Trinajstić information content (AvgIpc) is 2.04. The molecule has 64 valence electrons. The first kappa shape index (κ1) is 8.51. The Kier molecular flexibility index (Phi) is 2.27. The van der Waals surface area contributed by atoms with Crippen molar-refractivity contribution >= 4 is 5.91 Å². The second kappa shape index (κ2) is 3.21. The van der Waals surface area contributed by atoms with Crippen molar-refractivity contribution in [2.75, 3.05) is 0 Å². The minimum absolute atomic E-state index is 0.292. The smallest absolute Gasteiger partial charge is 0.282 e. The second-order valence-corrected chi connectivity index (χ2v) is 2.00. The summed E-state index contributed by atoms with van der Waals surface area (Å²) in [5.74, 6) is -0.930. The van der Waals surface area contributed by atoms with Crippen LogP contribution >= 0.6 is 0 Å². The van der Waals surface area contributed by atoms with Gasteiger partial charge in [0.1, 0.15) is 5.69 Å². The average molecular weight is 173 g/mol. The number of carbonyl (C=O) groups is 1. The number of primary amides is 1. The highest BCUT2D eigenvalue weighted by Gasteiger charge is 2.17. The molecule has 0 fully saturated rings. The number of aromatic nitrogens is 2. The van der Waals surface area contributed by atoms with Gasteiger partial charge >= 0.3 is 0 Å². The fraction of sp³-hybridized carbons (Fsp3) is 0.167. The monoisotopic (exact) mass is 173 g/mol. The molecule has 1 amide bonds. The quantitative estimate of drug-likeness (QED) is 0.708. The molecule has 0 spiro atoms. The van der Waals surface area contributed by atoms with E-state index >= 15 is 0 Å². The van der Waals surface area contributed by atoms with E-state index in [1.54, 1.807) is 0 Å². The molecule has 1 heterocycles. The van der Waals surface area contributed by atoms with Crippen molar-refractivity contribution in [1.82, 2.24) is 10.2 Å². The van der Waals surface area contributed by atoms with Crippen molar-refractivity contribution in [1.29, 1.82) is 0 Å². The number of nitrogens with two attached hydrogens (primary N) is 1. The standard InChI is InChI=1S/C6H5F2N3O/c7-5(8)4-3(6(9)12)1-2-10-11-4/h1-2,5H,(H2,9,12). The summed E-state index contributed by atoms with van der Waals surface area (Å²) in [4.78, 5) is 10.5. The summed E-state index contributed by atoms with van der Waals surface area (Å²) in [7, 11) is 0. The molecule has 0 saturated carbocycles. The molecule has 12 heavy (non-hydrogen) atoms. The number of hydrogen-bond donors (Lipinski definition) is 1. The van der Waals surface area contributed by atoms with Crippen molar-refractivity contribution in [3.05, 3.63) is 23.5 Å². The Morgan fingerprint density at radius 3 is 2.67 bits per heavy atom. The Morgan fingerprint density at radius 1 is 1.58 bits per heavy atom. The predicted molar refractivity (Wildman–Crippen MR) is 35.5 cm³/mol. The fourth-order valence-electron chi connectivity index (χ4n) is 0.712. The molecule has 0 aromatic carbocycles. The zero-order valence-electron chi connectivity index (χ0n) is 5.87. The van der Waals surface area contributed by atoms with Crippen LogP contribution in [-0.4, -0.2) is 16.1 Å². The first-order chi connectivity index (χ1) is 5.63. The van der Waals surface area contributed by atoms with E-state index in [1.165, 1.54) is 0 Å². The highest BCUT2D eigenvalue weighted by Crippen LogP contribution is 2.18. The summed E-state index contributed by atoms with van der Waals surface area (Å²) >= 11 is 0. The molecular weight excluding hydrogens is 168 g/mol. The van der Waals surface area contributed by atoms with Gasteiger partial charge in [0, 0.05) is 0 Å². The number of hydrogen-bond acceptors (Lipinski definition) is 3. The molecule has 0 radical (unpaired) electrons. The van der Waals surface area contributed by atoms with E-state index in [1.807, 2.05) is 0 Å². The predicted octanol–water partition coefficient (Wildman–Crippen LogP) is 0.513. The van der Waals surface area contributed by atoms with Crippen LogP contribution in [0.1, 0.15) is 22.5 Å². The third-order valence-corrected chi connectivity index (χ3v) is 1.22. The summed E-state index contributed by atoms with van der Waals surface area (Å²) in [5.41, 5.74) is 3.84. The van der Waals surface area contributed by atoms with Crippen molar-refractivity contribution in [3.63, 3.8) is 0 Å². The topological polar surface area (TPSA) is 68.9 Å². The van der Waals surface area contributed by atoms with Gasteiger partial charge in [0.05, 0.1) is 11.8 Å². The molecule has 0 aliphatic heterocycles. The molecule has 0 bridgehead atoms. The third kappa shape index (κ3) is 1.52. The minimum Gasteiger partial charge on any atom is -0.366 e.